The molecule has 0 fully saturated rings. The zero-order valence-electron chi connectivity index (χ0n) is 9.29. The minimum atomic E-state index is -0.456. The summed E-state index contributed by atoms with van der Waals surface area (Å²) in [6.07, 6.45) is 4.44. The number of thioether (sulfide) groups is 1. The van der Waals surface area contributed by atoms with Crippen LogP contribution < -0.4 is 5.73 Å². The predicted molar refractivity (Wildman–Crippen MR) is 61.4 cm³/mol. The molecule has 0 aromatic carbocycles. The van der Waals surface area contributed by atoms with Gasteiger partial charge in [-0.2, -0.15) is 11.8 Å². The second kappa shape index (κ2) is 8.12. The molecule has 0 unspecified atom stereocenters. The van der Waals surface area contributed by atoms with Crippen LogP contribution >= 0.6 is 11.8 Å². The van der Waals surface area contributed by atoms with Crippen molar-refractivity contribution >= 4 is 17.7 Å². The largest absolute Gasteiger partial charge is 0.461 e. The minimum Gasteiger partial charge on any atom is -0.461 e. The smallest absolute Gasteiger partial charge is 0.323 e. The van der Waals surface area contributed by atoms with E-state index in [1.807, 2.05) is 20.1 Å². The first-order valence-electron chi connectivity index (χ1n) is 5.10. The molecule has 0 saturated heterocycles. The number of hydrogen-bond donors (Lipinski definition) is 1. The Morgan fingerprint density at radius 3 is 2.43 bits per heavy atom. The predicted octanol–water partition coefficient (Wildman–Crippen LogP) is 1.80. The fourth-order valence-electron chi connectivity index (χ4n) is 1.07. The van der Waals surface area contributed by atoms with Gasteiger partial charge >= 0.3 is 5.97 Å². The van der Waals surface area contributed by atoms with E-state index >= 15 is 0 Å². The molecule has 0 aliphatic rings. The van der Waals surface area contributed by atoms with Gasteiger partial charge in [-0.15, -0.1) is 0 Å². The highest BCUT2D eigenvalue weighted by Crippen LogP contribution is 2.06. The van der Waals surface area contributed by atoms with Crippen molar-refractivity contribution in [2.75, 3.05) is 12.0 Å². The third kappa shape index (κ3) is 5.50. The van der Waals surface area contributed by atoms with Crippen molar-refractivity contribution < 1.29 is 9.53 Å². The lowest BCUT2D eigenvalue weighted by Gasteiger charge is -2.17. The van der Waals surface area contributed by atoms with Gasteiger partial charge in [-0.3, -0.25) is 4.79 Å². The van der Waals surface area contributed by atoms with Crippen molar-refractivity contribution in [3.8, 4) is 0 Å². The molecule has 4 heteroatoms. The van der Waals surface area contributed by atoms with Gasteiger partial charge in [0, 0.05) is 0 Å². The van der Waals surface area contributed by atoms with Gasteiger partial charge in [0.15, 0.2) is 0 Å². The van der Waals surface area contributed by atoms with Crippen LogP contribution in [0.5, 0.6) is 0 Å². The lowest BCUT2D eigenvalue weighted by molar-refractivity contribution is -0.151. The van der Waals surface area contributed by atoms with E-state index in [0.29, 0.717) is 6.42 Å². The van der Waals surface area contributed by atoms with E-state index in [2.05, 4.69) is 0 Å². The van der Waals surface area contributed by atoms with Crippen molar-refractivity contribution in [1.82, 2.24) is 0 Å². The molecular weight excluding hydrogens is 198 g/mol. The third-order valence-electron chi connectivity index (χ3n) is 2.13. The summed E-state index contributed by atoms with van der Waals surface area (Å²) in [5.74, 6) is 0.645. The van der Waals surface area contributed by atoms with Gasteiger partial charge < -0.3 is 10.5 Å². The summed E-state index contributed by atoms with van der Waals surface area (Å²) in [6.45, 7) is 4.02. The summed E-state index contributed by atoms with van der Waals surface area (Å²) in [5, 5.41) is 0. The van der Waals surface area contributed by atoms with Crippen LogP contribution in [0.2, 0.25) is 0 Å². The molecule has 0 aromatic heterocycles. The van der Waals surface area contributed by atoms with E-state index in [-0.39, 0.29) is 12.1 Å². The van der Waals surface area contributed by atoms with Gasteiger partial charge in [0.1, 0.15) is 12.1 Å². The van der Waals surface area contributed by atoms with Crippen LogP contribution in [0.25, 0.3) is 0 Å². The van der Waals surface area contributed by atoms with Crippen LogP contribution in [-0.2, 0) is 9.53 Å². The van der Waals surface area contributed by atoms with Gasteiger partial charge in [0.2, 0.25) is 0 Å². The molecule has 0 heterocycles. The Morgan fingerprint density at radius 2 is 2.00 bits per heavy atom. The zero-order chi connectivity index (χ0) is 11.0. The molecule has 0 aromatic rings. The number of nitrogens with two attached hydrogens (primary N) is 1. The third-order valence-corrected chi connectivity index (χ3v) is 2.77. The van der Waals surface area contributed by atoms with E-state index in [0.717, 1.165) is 18.6 Å². The average molecular weight is 219 g/mol. The average Bonchev–Trinajstić information content (AvgIpc) is 2.21. The fraction of sp³-hybridized carbons (Fsp3) is 0.900. The highest BCUT2D eigenvalue weighted by atomic mass is 32.2. The number of carbonyl (C=O) groups excluding carboxylic acids is 1. The van der Waals surface area contributed by atoms with Crippen LogP contribution in [0.1, 0.15) is 33.1 Å². The first kappa shape index (κ1) is 13.8. The van der Waals surface area contributed by atoms with Crippen molar-refractivity contribution in [2.24, 2.45) is 5.73 Å². The van der Waals surface area contributed by atoms with E-state index in [1.54, 1.807) is 11.8 Å². The summed E-state index contributed by atoms with van der Waals surface area (Å²) < 4.78 is 5.23. The second-order valence-corrected chi connectivity index (χ2v) is 4.25. The van der Waals surface area contributed by atoms with Crippen LogP contribution in [-0.4, -0.2) is 30.1 Å². The Balaban J connectivity index is 3.81. The zero-order valence-corrected chi connectivity index (χ0v) is 10.1. The monoisotopic (exact) mass is 219 g/mol. The standard InChI is InChI=1S/C10H21NO2S/c1-4-8(5-2)13-10(12)9(11)6-7-14-3/h8-9H,4-7,11H2,1-3H3/t9-/m0/s1. The summed E-state index contributed by atoms with van der Waals surface area (Å²) in [4.78, 5) is 11.4. The van der Waals surface area contributed by atoms with Gasteiger partial charge in [0.05, 0.1) is 0 Å². The number of ether oxygens (including phenoxy) is 1. The Labute approximate surface area is 90.8 Å². The molecule has 0 bridgehead atoms. The van der Waals surface area contributed by atoms with Crippen molar-refractivity contribution in [3.63, 3.8) is 0 Å². The van der Waals surface area contributed by atoms with Gasteiger partial charge in [-0.1, -0.05) is 13.8 Å². The number of carbonyl (C=O) groups is 1. The maximum Gasteiger partial charge on any atom is 0.323 e. The van der Waals surface area contributed by atoms with Crippen molar-refractivity contribution in [2.45, 2.75) is 45.3 Å². The van der Waals surface area contributed by atoms with Gasteiger partial charge in [0.25, 0.3) is 0 Å². The topological polar surface area (TPSA) is 52.3 Å². The molecule has 0 rings (SSSR count). The fourth-order valence-corrected chi connectivity index (χ4v) is 1.56. The number of esters is 1. The molecule has 0 aliphatic carbocycles. The summed E-state index contributed by atoms with van der Waals surface area (Å²) in [6, 6.07) is -0.456. The van der Waals surface area contributed by atoms with E-state index in [1.165, 1.54) is 0 Å². The van der Waals surface area contributed by atoms with Crippen LogP contribution in [0.3, 0.4) is 0 Å². The first-order valence-corrected chi connectivity index (χ1v) is 6.50. The minimum absolute atomic E-state index is 0.0304. The molecular formula is C10H21NO2S. The first-order chi connectivity index (χ1) is 6.65. The second-order valence-electron chi connectivity index (χ2n) is 3.26. The van der Waals surface area contributed by atoms with E-state index in [4.69, 9.17) is 10.5 Å². The van der Waals surface area contributed by atoms with Crippen LogP contribution in [0, 0.1) is 0 Å². The molecule has 0 spiro atoms. The van der Waals surface area contributed by atoms with Crippen LogP contribution in [0.15, 0.2) is 0 Å². The Morgan fingerprint density at radius 1 is 1.43 bits per heavy atom. The Bertz CT molecular complexity index is 160. The van der Waals surface area contributed by atoms with E-state index < -0.39 is 6.04 Å². The highest BCUT2D eigenvalue weighted by Gasteiger charge is 2.17. The van der Waals surface area contributed by atoms with Gasteiger partial charge in [-0.05, 0) is 31.3 Å². The molecule has 2 N–H and O–H groups in total. The van der Waals surface area contributed by atoms with Crippen molar-refractivity contribution in [1.29, 1.82) is 0 Å². The molecule has 0 amide bonds. The van der Waals surface area contributed by atoms with E-state index in [9.17, 15) is 4.79 Å². The summed E-state index contributed by atoms with van der Waals surface area (Å²) in [5.41, 5.74) is 5.67. The van der Waals surface area contributed by atoms with Gasteiger partial charge in [-0.25, -0.2) is 0 Å². The lowest BCUT2D eigenvalue weighted by atomic mass is 10.2. The normalized spacial score (nSPS) is 12.9. The van der Waals surface area contributed by atoms with Crippen LogP contribution in [0.4, 0.5) is 0 Å². The SMILES string of the molecule is CCC(CC)OC(=O)[C@@H](N)CCSC. The molecule has 1 atom stereocenters. The summed E-state index contributed by atoms with van der Waals surface area (Å²) >= 11 is 1.69. The Kier molecular flexibility index (Phi) is 7.99. The lowest BCUT2D eigenvalue weighted by Crippen LogP contribution is -2.35. The molecule has 3 nitrogen and oxygen atoms in total. The molecule has 84 valence electrons. The number of rotatable bonds is 7. The number of hydrogen-bond acceptors (Lipinski definition) is 4. The maximum atomic E-state index is 11.4. The quantitative estimate of drug-likeness (QED) is 0.663. The molecule has 0 aliphatic heterocycles. The molecule has 14 heavy (non-hydrogen) atoms. The molecule has 0 radical (unpaired) electrons. The Hall–Kier alpha value is -0.220. The summed E-state index contributed by atoms with van der Waals surface area (Å²) in [7, 11) is 0. The molecule has 0 saturated carbocycles. The highest BCUT2D eigenvalue weighted by molar-refractivity contribution is 7.98. The maximum absolute atomic E-state index is 11.4. The van der Waals surface area contributed by atoms with Crippen molar-refractivity contribution in [3.05, 3.63) is 0 Å².